The van der Waals surface area contributed by atoms with E-state index >= 15 is 0 Å². The summed E-state index contributed by atoms with van der Waals surface area (Å²) >= 11 is 0. The topological polar surface area (TPSA) is 66.5 Å². The Kier molecular flexibility index (Phi) is 7.29. The van der Waals surface area contributed by atoms with Crippen LogP contribution in [0.25, 0.3) is 0 Å². The van der Waals surface area contributed by atoms with E-state index in [1.807, 2.05) is 37.3 Å². The summed E-state index contributed by atoms with van der Waals surface area (Å²) in [6.07, 6.45) is -2.22. The summed E-state index contributed by atoms with van der Waals surface area (Å²) < 4.78 is 63.0. The number of anilines is 1. The summed E-state index contributed by atoms with van der Waals surface area (Å²) in [5, 5.41) is 2.73. The van der Waals surface area contributed by atoms with Crippen molar-refractivity contribution in [2.45, 2.75) is 32.0 Å². The average molecular weight is 428 g/mol. The highest BCUT2D eigenvalue weighted by molar-refractivity contribution is 7.92. The van der Waals surface area contributed by atoms with Crippen molar-refractivity contribution in [2.75, 3.05) is 17.1 Å². The predicted molar refractivity (Wildman–Crippen MR) is 106 cm³/mol. The molecule has 1 N–H and O–H groups in total. The first-order chi connectivity index (χ1) is 13.5. The van der Waals surface area contributed by atoms with Gasteiger partial charge in [-0.3, -0.25) is 9.10 Å². The molecule has 0 bridgehead atoms. The fourth-order valence-corrected chi connectivity index (χ4v) is 3.62. The van der Waals surface area contributed by atoms with Gasteiger partial charge >= 0.3 is 6.18 Å². The Hall–Kier alpha value is -2.55. The Morgan fingerprint density at radius 1 is 1.07 bits per heavy atom. The van der Waals surface area contributed by atoms with E-state index in [9.17, 15) is 26.4 Å². The molecule has 9 heteroatoms. The van der Waals surface area contributed by atoms with Crippen LogP contribution in [0.1, 0.15) is 24.5 Å². The van der Waals surface area contributed by atoms with Crippen LogP contribution in [-0.2, 0) is 27.4 Å². The van der Waals surface area contributed by atoms with Crippen LogP contribution in [0.5, 0.6) is 0 Å². The van der Waals surface area contributed by atoms with E-state index in [1.165, 1.54) is 0 Å². The zero-order valence-corrected chi connectivity index (χ0v) is 16.9. The molecule has 2 aromatic carbocycles. The first-order valence-corrected chi connectivity index (χ1v) is 10.8. The summed E-state index contributed by atoms with van der Waals surface area (Å²) in [7, 11) is -3.86. The highest BCUT2D eigenvalue weighted by Gasteiger charge is 2.31. The smallest absolute Gasteiger partial charge is 0.352 e. The van der Waals surface area contributed by atoms with Gasteiger partial charge in [0, 0.05) is 6.04 Å². The van der Waals surface area contributed by atoms with Gasteiger partial charge in [-0.1, -0.05) is 30.3 Å². The molecule has 0 saturated carbocycles. The van der Waals surface area contributed by atoms with Crippen molar-refractivity contribution in [3.63, 3.8) is 0 Å². The monoisotopic (exact) mass is 428 g/mol. The molecule has 2 rings (SSSR count). The molecule has 0 radical (unpaired) electrons. The van der Waals surface area contributed by atoms with Gasteiger partial charge < -0.3 is 5.32 Å². The van der Waals surface area contributed by atoms with Crippen LogP contribution in [0.2, 0.25) is 0 Å². The van der Waals surface area contributed by atoms with Gasteiger partial charge in [0.25, 0.3) is 0 Å². The molecule has 1 amide bonds. The van der Waals surface area contributed by atoms with Crippen molar-refractivity contribution in [2.24, 2.45) is 0 Å². The second-order valence-corrected chi connectivity index (χ2v) is 8.71. The number of alkyl halides is 3. The van der Waals surface area contributed by atoms with Crippen LogP contribution >= 0.6 is 0 Å². The molecule has 29 heavy (non-hydrogen) atoms. The van der Waals surface area contributed by atoms with E-state index in [0.29, 0.717) is 6.42 Å². The van der Waals surface area contributed by atoms with Crippen molar-refractivity contribution in [3.8, 4) is 0 Å². The molecule has 1 atom stereocenters. The third kappa shape index (κ3) is 7.08. The number of hydrogen-bond donors (Lipinski definition) is 1. The molecule has 0 aliphatic heterocycles. The molecule has 0 saturated heterocycles. The SMILES string of the molecule is CC(CCc1ccccc1)NC(=O)CN(c1ccc(C(F)(F)F)cc1)S(C)(=O)=O. The normalized spacial score (nSPS) is 13.0. The van der Waals surface area contributed by atoms with Crippen LogP contribution in [0, 0.1) is 0 Å². The lowest BCUT2D eigenvalue weighted by molar-refractivity contribution is -0.137. The maximum absolute atomic E-state index is 12.7. The number of benzene rings is 2. The van der Waals surface area contributed by atoms with Crippen LogP contribution in [0.15, 0.2) is 54.6 Å². The van der Waals surface area contributed by atoms with Gasteiger partial charge in [-0.25, -0.2) is 8.42 Å². The van der Waals surface area contributed by atoms with Gasteiger partial charge in [0.05, 0.1) is 17.5 Å². The van der Waals surface area contributed by atoms with E-state index in [1.54, 1.807) is 0 Å². The van der Waals surface area contributed by atoms with E-state index < -0.39 is 34.2 Å². The molecule has 5 nitrogen and oxygen atoms in total. The van der Waals surface area contributed by atoms with Crippen LogP contribution < -0.4 is 9.62 Å². The second-order valence-electron chi connectivity index (χ2n) is 6.81. The number of rotatable bonds is 8. The highest BCUT2D eigenvalue weighted by atomic mass is 32.2. The molecule has 0 aliphatic carbocycles. The fraction of sp³-hybridized carbons (Fsp3) is 0.350. The third-order valence-electron chi connectivity index (χ3n) is 4.29. The van der Waals surface area contributed by atoms with Crippen molar-refractivity contribution >= 4 is 21.6 Å². The molecular weight excluding hydrogens is 405 g/mol. The zero-order chi connectivity index (χ0) is 21.7. The molecule has 0 spiro atoms. The second kappa shape index (κ2) is 9.30. The van der Waals surface area contributed by atoms with Gasteiger partial charge in [0.1, 0.15) is 6.54 Å². The van der Waals surface area contributed by atoms with Crippen molar-refractivity contribution in [3.05, 3.63) is 65.7 Å². The Balaban J connectivity index is 2.01. The summed E-state index contributed by atoms with van der Waals surface area (Å²) in [6, 6.07) is 13.2. The minimum Gasteiger partial charge on any atom is -0.352 e. The number of hydrogen-bond acceptors (Lipinski definition) is 3. The van der Waals surface area contributed by atoms with Crippen LogP contribution in [0.4, 0.5) is 18.9 Å². The van der Waals surface area contributed by atoms with E-state index in [4.69, 9.17) is 0 Å². The Morgan fingerprint density at radius 3 is 2.17 bits per heavy atom. The standard InChI is InChI=1S/C20H23F3N2O3S/c1-15(8-9-16-6-4-3-5-7-16)24-19(26)14-25(29(2,27)28)18-12-10-17(11-13-18)20(21,22)23/h3-7,10-13,15H,8-9,14H2,1-2H3,(H,24,26). The summed E-state index contributed by atoms with van der Waals surface area (Å²) in [5.41, 5.74) is 0.220. The first-order valence-electron chi connectivity index (χ1n) is 8.95. The maximum atomic E-state index is 12.7. The first kappa shape index (κ1) is 22.7. The van der Waals surface area contributed by atoms with Crippen molar-refractivity contribution in [1.29, 1.82) is 0 Å². The quantitative estimate of drug-likeness (QED) is 0.699. The lowest BCUT2D eigenvalue weighted by atomic mass is 10.1. The predicted octanol–water partition coefficient (Wildman–Crippen LogP) is 3.61. The molecule has 2 aromatic rings. The van der Waals surface area contributed by atoms with Crippen LogP contribution in [0.3, 0.4) is 0 Å². The highest BCUT2D eigenvalue weighted by Crippen LogP contribution is 2.30. The Bertz CT molecular complexity index is 914. The largest absolute Gasteiger partial charge is 0.416 e. The van der Waals surface area contributed by atoms with Crippen molar-refractivity contribution < 1.29 is 26.4 Å². The van der Waals surface area contributed by atoms with Gasteiger partial charge in [0.2, 0.25) is 15.9 Å². The van der Waals surface area contributed by atoms with E-state index in [0.717, 1.165) is 46.8 Å². The molecule has 0 aliphatic rings. The summed E-state index contributed by atoms with van der Waals surface area (Å²) in [5.74, 6) is -0.532. The van der Waals surface area contributed by atoms with E-state index in [2.05, 4.69) is 5.32 Å². The zero-order valence-electron chi connectivity index (χ0n) is 16.1. The molecule has 0 aromatic heterocycles. The number of sulfonamides is 1. The summed E-state index contributed by atoms with van der Waals surface area (Å²) in [4.78, 5) is 12.3. The van der Waals surface area contributed by atoms with Crippen LogP contribution in [-0.4, -0.2) is 33.2 Å². The number of amides is 1. The minimum atomic E-state index is -4.53. The lowest BCUT2D eigenvalue weighted by Gasteiger charge is -2.23. The molecule has 1 unspecified atom stereocenters. The number of nitrogens with zero attached hydrogens (tertiary/aromatic N) is 1. The number of aryl methyl sites for hydroxylation is 1. The molecule has 0 heterocycles. The number of carbonyl (C=O) groups excluding carboxylic acids is 1. The van der Waals surface area contributed by atoms with Gasteiger partial charge in [0.15, 0.2) is 0 Å². The van der Waals surface area contributed by atoms with Gasteiger partial charge in [-0.05, 0) is 49.6 Å². The fourth-order valence-electron chi connectivity index (χ4n) is 2.77. The van der Waals surface area contributed by atoms with E-state index in [-0.39, 0.29) is 11.7 Å². The third-order valence-corrected chi connectivity index (χ3v) is 5.43. The maximum Gasteiger partial charge on any atom is 0.416 e. The number of carbonyl (C=O) groups is 1. The molecule has 0 fully saturated rings. The molecular formula is C20H23F3N2O3S. The van der Waals surface area contributed by atoms with Gasteiger partial charge in [-0.15, -0.1) is 0 Å². The molecule has 158 valence electrons. The van der Waals surface area contributed by atoms with Crippen molar-refractivity contribution in [1.82, 2.24) is 5.32 Å². The average Bonchev–Trinajstić information content (AvgIpc) is 2.64. The minimum absolute atomic E-state index is 0.00686. The number of halogens is 3. The summed E-state index contributed by atoms with van der Waals surface area (Å²) in [6.45, 7) is 1.30. The Labute approximate surface area is 168 Å². The van der Waals surface area contributed by atoms with Gasteiger partial charge in [-0.2, -0.15) is 13.2 Å². The lowest BCUT2D eigenvalue weighted by Crippen LogP contribution is -2.43. The number of nitrogens with one attached hydrogen (secondary N) is 1. The Morgan fingerprint density at radius 2 is 1.66 bits per heavy atom.